The maximum Gasteiger partial charge on any atom is 0.416 e. The fourth-order valence-electron chi connectivity index (χ4n) is 3.15. The van der Waals surface area contributed by atoms with Crippen LogP contribution in [0.4, 0.5) is 24.5 Å². The molecule has 1 aliphatic heterocycles. The van der Waals surface area contributed by atoms with Crippen molar-refractivity contribution in [2.24, 2.45) is 0 Å². The second-order valence-electron chi connectivity index (χ2n) is 6.66. The minimum atomic E-state index is -4.52. The maximum absolute atomic E-state index is 13.2. The number of carbonyl (C=O) groups is 1. The van der Waals surface area contributed by atoms with Gasteiger partial charge in [0.2, 0.25) is 5.91 Å². The van der Waals surface area contributed by atoms with Gasteiger partial charge in [0.05, 0.1) is 41.7 Å². The van der Waals surface area contributed by atoms with E-state index in [9.17, 15) is 18.0 Å². The van der Waals surface area contributed by atoms with Crippen molar-refractivity contribution in [3.05, 3.63) is 56.5 Å². The summed E-state index contributed by atoms with van der Waals surface area (Å²) in [5.74, 6) is -0.0349. The molecule has 1 heterocycles. The van der Waals surface area contributed by atoms with Crippen molar-refractivity contribution in [2.45, 2.75) is 6.18 Å². The number of carbonyl (C=O) groups excluding carboxylic acids is 1. The van der Waals surface area contributed by atoms with Crippen molar-refractivity contribution in [1.82, 2.24) is 0 Å². The quantitative estimate of drug-likeness (QED) is 0.472. The van der Waals surface area contributed by atoms with Crippen LogP contribution in [-0.4, -0.2) is 39.3 Å². The van der Waals surface area contributed by atoms with Gasteiger partial charge in [0.15, 0.2) is 0 Å². The van der Waals surface area contributed by atoms with E-state index in [1.165, 1.54) is 25.3 Å². The molecule has 2 aromatic rings. The summed E-state index contributed by atoms with van der Waals surface area (Å²) in [5.41, 5.74) is 0.396. The van der Waals surface area contributed by atoms with Crippen molar-refractivity contribution >= 4 is 55.2 Å². The van der Waals surface area contributed by atoms with E-state index in [0.717, 1.165) is 16.6 Å². The van der Waals surface area contributed by atoms with Gasteiger partial charge in [-0.25, -0.2) is 0 Å². The number of morpholine rings is 1. The van der Waals surface area contributed by atoms with Crippen LogP contribution in [0.15, 0.2) is 45.4 Å². The Bertz CT molecular complexity index is 991. The van der Waals surface area contributed by atoms with E-state index < -0.39 is 17.6 Å². The fourth-order valence-corrected chi connectivity index (χ4v) is 4.57. The van der Waals surface area contributed by atoms with Gasteiger partial charge in [-0.1, -0.05) is 15.9 Å². The first-order chi connectivity index (χ1) is 14.7. The molecule has 1 N–H and O–H groups in total. The largest absolute Gasteiger partial charge is 0.495 e. The number of amides is 1. The van der Waals surface area contributed by atoms with E-state index in [0.29, 0.717) is 47.8 Å². The molecule has 31 heavy (non-hydrogen) atoms. The van der Waals surface area contributed by atoms with Crippen LogP contribution in [0.2, 0.25) is 0 Å². The van der Waals surface area contributed by atoms with Gasteiger partial charge < -0.3 is 19.7 Å². The minimum Gasteiger partial charge on any atom is -0.495 e. The van der Waals surface area contributed by atoms with Gasteiger partial charge in [-0.3, -0.25) is 4.79 Å². The molecule has 1 saturated heterocycles. The summed E-state index contributed by atoms with van der Waals surface area (Å²) in [7, 11) is 1.50. The summed E-state index contributed by atoms with van der Waals surface area (Å²) in [6.07, 6.45) is -1.74. The lowest BCUT2D eigenvalue weighted by atomic mass is 10.1. The summed E-state index contributed by atoms with van der Waals surface area (Å²) in [6.45, 7) is 1.97. The van der Waals surface area contributed by atoms with Gasteiger partial charge in [0.25, 0.3) is 0 Å². The van der Waals surface area contributed by atoms with Gasteiger partial charge >= 0.3 is 6.18 Å². The molecule has 166 valence electrons. The average molecular weight is 564 g/mol. The van der Waals surface area contributed by atoms with E-state index in [2.05, 4.69) is 37.2 Å². The molecule has 1 fully saturated rings. The predicted molar refractivity (Wildman–Crippen MR) is 121 cm³/mol. The smallest absolute Gasteiger partial charge is 0.416 e. The van der Waals surface area contributed by atoms with Crippen molar-refractivity contribution in [3.63, 3.8) is 0 Å². The molecule has 0 aromatic heterocycles. The summed E-state index contributed by atoms with van der Waals surface area (Å²) >= 11 is 6.76. The first-order valence-electron chi connectivity index (χ1n) is 9.25. The number of nitrogens with one attached hydrogen (secondary N) is 1. The molecule has 0 bridgehead atoms. The zero-order valence-corrected chi connectivity index (χ0v) is 19.6. The van der Waals surface area contributed by atoms with Gasteiger partial charge in [-0.2, -0.15) is 13.2 Å². The van der Waals surface area contributed by atoms with Gasteiger partial charge in [-0.05, 0) is 52.3 Å². The first-order valence-corrected chi connectivity index (χ1v) is 10.8. The third kappa shape index (κ3) is 6.02. The van der Waals surface area contributed by atoms with Crippen molar-refractivity contribution in [2.75, 3.05) is 43.6 Å². The molecule has 0 unspecified atom stereocenters. The number of nitrogens with zero attached hydrogens (tertiary/aromatic N) is 1. The highest BCUT2D eigenvalue weighted by Crippen LogP contribution is 2.36. The van der Waals surface area contributed by atoms with E-state index in [-0.39, 0.29) is 5.69 Å². The maximum atomic E-state index is 13.2. The number of alkyl halides is 3. The molecule has 3 rings (SSSR count). The van der Waals surface area contributed by atoms with Crippen LogP contribution in [0.25, 0.3) is 6.08 Å². The van der Waals surface area contributed by atoms with Gasteiger partial charge in [-0.15, -0.1) is 0 Å². The number of benzene rings is 2. The number of halogens is 5. The Labute approximate surface area is 194 Å². The molecule has 2 aromatic carbocycles. The molecule has 1 amide bonds. The van der Waals surface area contributed by atoms with Crippen LogP contribution in [0.1, 0.15) is 11.1 Å². The Morgan fingerprint density at radius 2 is 1.90 bits per heavy atom. The lowest BCUT2D eigenvalue weighted by Crippen LogP contribution is -2.36. The third-order valence-electron chi connectivity index (χ3n) is 4.59. The SMILES string of the molecule is COc1c(Br)cc(Br)cc1/C=C/C(=O)Nc1cc(C(F)(F)F)ccc1N1CCOCC1. The molecule has 0 saturated carbocycles. The molecule has 5 nitrogen and oxygen atoms in total. The van der Waals surface area contributed by atoms with Crippen LogP contribution in [-0.2, 0) is 15.7 Å². The number of methoxy groups -OCH3 is 1. The zero-order valence-electron chi connectivity index (χ0n) is 16.4. The van der Waals surface area contributed by atoms with Crippen LogP contribution < -0.4 is 15.0 Å². The zero-order chi connectivity index (χ0) is 22.6. The molecular formula is C21H19Br2F3N2O3. The third-order valence-corrected chi connectivity index (χ3v) is 5.64. The topological polar surface area (TPSA) is 50.8 Å². The summed E-state index contributed by atoms with van der Waals surface area (Å²) in [6, 6.07) is 6.90. The standard InChI is InChI=1S/C21H19Br2F3N2O3/c1-30-20-13(10-15(22)12-16(20)23)2-5-19(29)27-17-11-14(21(24,25)26)3-4-18(17)28-6-8-31-9-7-28/h2-5,10-12H,6-9H2,1H3,(H,27,29)/b5-2+. The van der Waals surface area contributed by atoms with Crippen LogP contribution in [0.5, 0.6) is 5.75 Å². The Kier molecular flexibility index (Phi) is 7.66. The van der Waals surface area contributed by atoms with Gasteiger partial charge in [0.1, 0.15) is 5.75 Å². The van der Waals surface area contributed by atoms with Gasteiger partial charge in [0, 0.05) is 29.2 Å². The lowest BCUT2D eigenvalue weighted by molar-refractivity contribution is -0.137. The van der Waals surface area contributed by atoms with Crippen LogP contribution >= 0.6 is 31.9 Å². The number of hydrogen-bond donors (Lipinski definition) is 1. The van der Waals surface area contributed by atoms with Crippen LogP contribution in [0, 0.1) is 0 Å². The summed E-state index contributed by atoms with van der Waals surface area (Å²) in [4.78, 5) is 14.5. The van der Waals surface area contributed by atoms with Crippen molar-refractivity contribution in [1.29, 1.82) is 0 Å². The molecule has 0 atom stereocenters. The Morgan fingerprint density at radius 1 is 1.19 bits per heavy atom. The van der Waals surface area contributed by atoms with Crippen molar-refractivity contribution < 1.29 is 27.4 Å². The van der Waals surface area contributed by atoms with Crippen molar-refractivity contribution in [3.8, 4) is 5.75 Å². The van der Waals surface area contributed by atoms with E-state index in [4.69, 9.17) is 9.47 Å². The van der Waals surface area contributed by atoms with E-state index in [1.807, 2.05) is 4.90 Å². The fraction of sp³-hybridized carbons (Fsp3) is 0.286. The molecule has 1 aliphatic rings. The normalized spacial score (nSPS) is 14.7. The molecule has 0 radical (unpaired) electrons. The van der Waals surface area contributed by atoms with Crippen LogP contribution in [0.3, 0.4) is 0 Å². The number of ether oxygens (including phenoxy) is 2. The lowest BCUT2D eigenvalue weighted by Gasteiger charge is -2.30. The Morgan fingerprint density at radius 3 is 2.55 bits per heavy atom. The molecule has 0 spiro atoms. The van der Waals surface area contributed by atoms with E-state index in [1.54, 1.807) is 12.1 Å². The Balaban J connectivity index is 1.88. The second kappa shape index (κ2) is 10.1. The molecular weight excluding hydrogens is 545 g/mol. The second-order valence-corrected chi connectivity index (χ2v) is 8.43. The summed E-state index contributed by atoms with van der Waals surface area (Å²) < 4.78 is 51.8. The first kappa shape index (κ1) is 23.6. The monoisotopic (exact) mass is 562 g/mol. The predicted octanol–water partition coefficient (Wildman–Crippen LogP) is 5.73. The number of hydrogen-bond acceptors (Lipinski definition) is 4. The number of rotatable bonds is 5. The average Bonchev–Trinajstić information content (AvgIpc) is 2.72. The minimum absolute atomic E-state index is 0.0914. The molecule has 0 aliphatic carbocycles. The molecule has 10 heteroatoms. The highest BCUT2D eigenvalue weighted by Gasteiger charge is 2.31. The van der Waals surface area contributed by atoms with E-state index >= 15 is 0 Å². The summed E-state index contributed by atoms with van der Waals surface area (Å²) in [5, 5.41) is 2.58. The Hall–Kier alpha value is -2.04. The number of anilines is 2. The highest BCUT2D eigenvalue weighted by molar-refractivity contribution is 9.11. The highest BCUT2D eigenvalue weighted by atomic mass is 79.9.